The molecule has 4 amide bonds. The molecule has 4 aromatic carbocycles. The molecule has 0 bridgehead atoms. The second-order valence-electron chi connectivity index (χ2n) is 9.96. The molecule has 0 radical (unpaired) electrons. The van der Waals surface area contributed by atoms with Crippen LogP contribution in [-0.2, 0) is 12.4 Å². The third-order valence-corrected chi connectivity index (χ3v) is 7.24. The number of alkyl halides is 6. The molecule has 0 saturated carbocycles. The third-order valence-electron chi connectivity index (χ3n) is 7.24. The Labute approximate surface area is 243 Å². The van der Waals surface area contributed by atoms with Crippen molar-refractivity contribution < 1.29 is 45.5 Å². The maximum atomic E-state index is 13.7. The number of nitrogens with zero attached hydrogens (tertiary/aromatic N) is 2. The van der Waals surface area contributed by atoms with Crippen LogP contribution in [0.1, 0.15) is 52.6 Å². The molecule has 0 atom stereocenters. The molecule has 2 aliphatic heterocycles. The Hall–Kier alpha value is -5.66. The van der Waals surface area contributed by atoms with E-state index in [0.717, 1.165) is 24.3 Å². The summed E-state index contributed by atoms with van der Waals surface area (Å²) in [6, 6.07) is 13.0. The summed E-state index contributed by atoms with van der Waals surface area (Å²) in [6.45, 7) is 0. The highest BCUT2D eigenvalue weighted by Gasteiger charge is 2.44. The van der Waals surface area contributed by atoms with Crippen molar-refractivity contribution >= 4 is 46.4 Å². The Bertz CT molecular complexity index is 1830. The molecule has 6 rings (SSSR count). The zero-order chi connectivity index (χ0) is 31.9. The zero-order valence-corrected chi connectivity index (χ0v) is 21.9. The van der Waals surface area contributed by atoms with Gasteiger partial charge in [0.05, 0.1) is 44.8 Å². The van der Waals surface area contributed by atoms with Gasteiger partial charge in [0.2, 0.25) is 0 Å². The minimum Gasteiger partial charge on any atom is -0.399 e. The van der Waals surface area contributed by atoms with Crippen molar-refractivity contribution in [1.29, 1.82) is 0 Å². The van der Waals surface area contributed by atoms with Gasteiger partial charge in [-0.1, -0.05) is 12.1 Å². The Kier molecular flexibility index (Phi) is 6.09. The molecule has 222 valence electrons. The highest BCUT2D eigenvalue weighted by molar-refractivity contribution is 6.36. The average Bonchev–Trinajstić information content (AvgIpc) is 3.35. The van der Waals surface area contributed by atoms with Crippen molar-refractivity contribution in [2.45, 2.75) is 12.4 Å². The summed E-state index contributed by atoms with van der Waals surface area (Å²) in [4.78, 5) is 53.5. The molecule has 0 aromatic heterocycles. The lowest BCUT2D eigenvalue weighted by Gasteiger charge is -2.20. The van der Waals surface area contributed by atoms with Crippen molar-refractivity contribution in [2.75, 3.05) is 21.3 Å². The highest BCUT2D eigenvalue weighted by Crippen LogP contribution is 2.43. The van der Waals surface area contributed by atoms with Crippen molar-refractivity contribution in [3.8, 4) is 11.1 Å². The molecule has 0 saturated heterocycles. The topological polar surface area (TPSA) is 127 Å². The number of anilines is 4. The van der Waals surface area contributed by atoms with E-state index in [0.29, 0.717) is 21.9 Å². The number of imide groups is 2. The van der Waals surface area contributed by atoms with Gasteiger partial charge < -0.3 is 11.5 Å². The van der Waals surface area contributed by atoms with Gasteiger partial charge in [0.25, 0.3) is 23.6 Å². The summed E-state index contributed by atoms with van der Waals surface area (Å²) in [5.74, 6) is -4.07. The molecule has 8 nitrogen and oxygen atoms in total. The number of nitrogen functional groups attached to an aromatic ring is 2. The smallest absolute Gasteiger partial charge is 0.399 e. The third kappa shape index (κ3) is 4.33. The molecule has 0 unspecified atom stereocenters. The number of amides is 4. The molecule has 0 fully saturated rings. The molecule has 0 spiro atoms. The van der Waals surface area contributed by atoms with Crippen LogP contribution in [0.15, 0.2) is 72.8 Å². The number of carbonyl (C=O) groups is 4. The summed E-state index contributed by atoms with van der Waals surface area (Å²) >= 11 is 0. The Morgan fingerprint density at radius 1 is 0.455 bits per heavy atom. The van der Waals surface area contributed by atoms with Crippen LogP contribution in [0.3, 0.4) is 0 Å². The molecule has 44 heavy (non-hydrogen) atoms. The van der Waals surface area contributed by atoms with Crippen LogP contribution in [-0.4, -0.2) is 23.6 Å². The van der Waals surface area contributed by atoms with Gasteiger partial charge in [0, 0.05) is 11.4 Å². The summed E-state index contributed by atoms with van der Waals surface area (Å²) in [6.07, 6.45) is -9.86. The van der Waals surface area contributed by atoms with Gasteiger partial charge >= 0.3 is 12.4 Å². The first kappa shape index (κ1) is 28.5. The molecule has 2 aliphatic rings. The van der Waals surface area contributed by atoms with Gasteiger partial charge in [-0.2, -0.15) is 26.3 Å². The maximum absolute atomic E-state index is 13.7. The van der Waals surface area contributed by atoms with Crippen LogP contribution < -0.4 is 21.3 Å². The van der Waals surface area contributed by atoms with E-state index >= 15 is 0 Å². The van der Waals surface area contributed by atoms with Crippen molar-refractivity contribution in [2.24, 2.45) is 0 Å². The van der Waals surface area contributed by atoms with Gasteiger partial charge in [0.1, 0.15) is 0 Å². The quantitative estimate of drug-likeness (QED) is 0.163. The fourth-order valence-corrected chi connectivity index (χ4v) is 5.23. The molecular weight excluding hydrogens is 594 g/mol. The van der Waals surface area contributed by atoms with E-state index in [1.165, 1.54) is 36.4 Å². The summed E-state index contributed by atoms with van der Waals surface area (Å²) in [5, 5.41) is 0. The second kappa shape index (κ2) is 9.42. The van der Waals surface area contributed by atoms with E-state index in [4.69, 9.17) is 11.5 Å². The lowest BCUT2D eigenvalue weighted by atomic mass is 9.97. The predicted octanol–water partition coefficient (Wildman–Crippen LogP) is 6.16. The van der Waals surface area contributed by atoms with Crippen molar-refractivity contribution in [3.63, 3.8) is 0 Å². The Balaban J connectivity index is 1.37. The first-order valence-corrected chi connectivity index (χ1v) is 12.6. The lowest BCUT2D eigenvalue weighted by molar-refractivity contribution is -0.137. The normalized spacial score (nSPS) is 14.9. The van der Waals surface area contributed by atoms with Crippen LogP contribution >= 0.6 is 0 Å². The lowest BCUT2D eigenvalue weighted by Crippen LogP contribution is -2.31. The van der Waals surface area contributed by atoms with Gasteiger partial charge in [-0.25, -0.2) is 9.80 Å². The van der Waals surface area contributed by atoms with E-state index in [1.54, 1.807) is 0 Å². The zero-order valence-electron chi connectivity index (χ0n) is 21.9. The number of hydrogen-bond donors (Lipinski definition) is 2. The second-order valence-corrected chi connectivity index (χ2v) is 9.96. The standard InChI is InChI=1S/C30H16F6N4O4/c31-29(32,33)21-11-15(37)3-7-23(21)39-25(41)17-5-1-13(9-19(17)27(39)43)14-2-6-18-20(10-14)28(44)40(26(18)42)24-8-4-16(38)12-22(24)30(34,35)36/h1-12H,37-38H2. The van der Waals surface area contributed by atoms with Crippen molar-refractivity contribution in [1.82, 2.24) is 0 Å². The maximum Gasteiger partial charge on any atom is 0.418 e. The fraction of sp³-hybridized carbons (Fsp3) is 0.0667. The number of halogens is 6. The number of fused-ring (bicyclic) bond motifs is 2. The van der Waals surface area contributed by atoms with Crippen LogP contribution in [0.25, 0.3) is 11.1 Å². The molecule has 4 N–H and O–H groups in total. The summed E-state index contributed by atoms with van der Waals surface area (Å²) < 4.78 is 82.4. The molecular formula is C30H16F6N4O4. The van der Waals surface area contributed by atoms with Crippen LogP contribution in [0, 0.1) is 0 Å². The number of nitrogens with two attached hydrogens (primary N) is 2. The van der Waals surface area contributed by atoms with E-state index in [-0.39, 0.29) is 44.8 Å². The van der Waals surface area contributed by atoms with Crippen molar-refractivity contribution in [3.05, 3.63) is 106 Å². The SMILES string of the molecule is Nc1ccc(N2C(=O)c3ccc(-c4ccc5c(c4)C(=O)N(c4ccc(N)cc4C(F)(F)F)C5=O)cc3C2=O)c(C(F)(F)F)c1. The van der Waals surface area contributed by atoms with Gasteiger partial charge in [-0.15, -0.1) is 0 Å². The minimum absolute atomic E-state index is 0.176. The van der Waals surface area contributed by atoms with E-state index in [1.807, 2.05) is 0 Å². The molecule has 0 aliphatic carbocycles. The molecule has 4 aromatic rings. The van der Waals surface area contributed by atoms with Crippen LogP contribution in [0.4, 0.5) is 49.1 Å². The van der Waals surface area contributed by atoms with Gasteiger partial charge in [-0.3, -0.25) is 19.2 Å². The largest absolute Gasteiger partial charge is 0.418 e. The predicted molar refractivity (Wildman–Crippen MR) is 146 cm³/mol. The first-order chi connectivity index (χ1) is 20.6. The summed E-state index contributed by atoms with van der Waals surface area (Å²) in [7, 11) is 0. The molecule has 2 heterocycles. The number of hydrogen-bond acceptors (Lipinski definition) is 6. The monoisotopic (exact) mass is 610 g/mol. The fourth-order valence-electron chi connectivity index (χ4n) is 5.23. The number of rotatable bonds is 3. The van der Waals surface area contributed by atoms with Gasteiger partial charge in [-0.05, 0) is 71.8 Å². The Morgan fingerprint density at radius 3 is 1.14 bits per heavy atom. The highest BCUT2D eigenvalue weighted by atomic mass is 19.4. The minimum atomic E-state index is -4.93. The van der Waals surface area contributed by atoms with E-state index < -0.39 is 58.5 Å². The van der Waals surface area contributed by atoms with E-state index in [9.17, 15) is 45.5 Å². The van der Waals surface area contributed by atoms with Gasteiger partial charge in [0.15, 0.2) is 0 Å². The number of carbonyl (C=O) groups excluding carboxylic acids is 4. The van der Waals surface area contributed by atoms with Crippen LogP contribution in [0.2, 0.25) is 0 Å². The first-order valence-electron chi connectivity index (χ1n) is 12.6. The average molecular weight is 610 g/mol. The Morgan fingerprint density at radius 2 is 0.795 bits per heavy atom. The van der Waals surface area contributed by atoms with E-state index in [2.05, 4.69) is 0 Å². The molecule has 14 heteroatoms. The number of benzene rings is 4. The van der Waals surface area contributed by atoms with Crippen LogP contribution in [0.5, 0.6) is 0 Å². The summed E-state index contributed by atoms with van der Waals surface area (Å²) in [5.41, 5.74) is 6.25.